The van der Waals surface area contributed by atoms with E-state index < -0.39 is 11.8 Å². The number of carbonyl (C=O) groups excluding carboxylic acids is 2. The van der Waals surface area contributed by atoms with Gasteiger partial charge in [-0.1, -0.05) is 48.0 Å². The molecule has 26 heavy (non-hydrogen) atoms. The lowest BCUT2D eigenvalue weighted by atomic mass is 10.1. The molecule has 0 spiro atoms. The number of amides is 2. The molecule has 0 bridgehead atoms. The van der Waals surface area contributed by atoms with Gasteiger partial charge in [0.1, 0.15) is 5.75 Å². The minimum Gasteiger partial charge on any atom is -0.493 e. The molecule has 0 aliphatic rings. The minimum atomic E-state index is -0.426. The van der Waals surface area contributed by atoms with E-state index >= 15 is 0 Å². The summed E-state index contributed by atoms with van der Waals surface area (Å²) < 4.78 is 6.54. The fraction of sp³-hybridized carbons (Fsp3) is 0.300. The summed E-state index contributed by atoms with van der Waals surface area (Å²) in [5, 5.41) is 0. The Hall–Kier alpha value is -2.34. The third-order valence-corrected chi connectivity index (χ3v) is 4.66. The van der Waals surface area contributed by atoms with Crippen molar-refractivity contribution in [2.45, 2.75) is 27.2 Å². The van der Waals surface area contributed by atoms with Crippen molar-refractivity contribution in [3.8, 4) is 5.75 Å². The molecule has 2 amide bonds. The number of ether oxygens (including phenoxy) is 1. The van der Waals surface area contributed by atoms with Gasteiger partial charge in [0.15, 0.2) is 0 Å². The molecule has 2 aromatic carbocycles. The Morgan fingerprint density at radius 2 is 1.77 bits per heavy atom. The monoisotopic (exact) mass is 418 g/mol. The number of rotatable bonds is 6. The van der Waals surface area contributed by atoms with Crippen LogP contribution in [0.5, 0.6) is 5.75 Å². The van der Waals surface area contributed by atoms with E-state index in [2.05, 4.69) is 40.6 Å². The molecular weight excluding hydrogens is 396 g/mol. The van der Waals surface area contributed by atoms with Crippen LogP contribution in [0.1, 0.15) is 46.5 Å². The fourth-order valence-electron chi connectivity index (χ4n) is 2.17. The number of hydrogen-bond acceptors (Lipinski definition) is 3. The van der Waals surface area contributed by atoms with Crippen LogP contribution in [0.2, 0.25) is 0 Å². The third-order valence-electron chi connectivity index (χ3n) is 3.81. The molecular formula is C20H23BrN2O3. The number of hydrogen-bond donors (Lipinski definition) is 2. The highest BCUT2D eigenvalue weighted by molar-refractivity contribution is 9.10. The third kappa shape index (κ3) is 5.59. The normalized spacial score (nSPS) is 10.5. The number of hydrazine groups is 1. The molecule has 2 N–H and O–H groups in total. The van der Waals surface area contributed by atoms with Crippen molar-refractivity contribution in [2.24, 2.45) is 5.92 Å². The summed E-state index contributed by atoms with van der Waals surface area (Å²) in [4.78, 5) is 24.6. The van der Waals surface area contributed by atoms with Gasteiger partial charge in [-0.25, -0.2) is 0 Å². The van der Waals surface area contributed by atoms with Gasteiger partial charge in [0.05, 0.1) is 12.2 Å². The molecule has 0 saturated carbocycles. The number of para-hydroxylation sites is 1. The van der Waals surface area contributed by atoms with Gasteiger partial charge in [0, 0.05) is 10.0 Å². The van der Waals surface area contributed by atoms with E-state index in [1.807, 2.05) is 19.1 Å². The first-order valence-electron chi connectivity index (χ1n) is 8.47. The lowest BCUT2D eigenvalue weighted by Gasteiger charge is -2.13. The molecule has 5 nitrogen and oxygen atoms in total. The van der Waals surface area contributed by atoms with E-state index in [0.29, 0.717) is 29.4 Å². The zero-order valence-corrected chi connectivity index (χ0v) is 16.7. The summed E-state index contributed by atoms with van der Waals surface area (Å²) >= 11 is 3.39. The van der Waals surface area contributed by atoms with Gasteiger partial charge < -0.3 is 4.74 Å². The van der Waals surface area contributed by atoms with Gasteiger partial charge in [-0.05, 0) is 49.1 Å². The number of halogens is 1. The highest BCUT2D eigenvalue weighted by atomic mass is 79.9. The zero-order chi connectivity index (χ0) is 19.1. The lowest BCUT2D eigenvalue weighted by molar-refractivity contribution is 0.0844. The average molecular weight is 419 g/mol. The molecule has 6 heteroatoms. The Balaban J connectivity index is 1.99. The Labute approximate surface area is 162 Å². The first-order chi connectivity index (χ1) is 12.4. The molecule has 0 aliphatic heterocycles. The van der Waals surface area contributed by atoms with Crippen LogP contribution in [-0.2, 0) is 0 Å². The van der Waals surface area contributed by atoms with Crippen molar-refractivity contribution in [3.05, 3.63) is 63.6 Å². The van der Waals surface area contributed by atoms with Gasteiger partial charge in [0.25, 0.3) is 11.8 Å². The number of benzene rings is 2. The fourth-order valence-corrected chi connectivity index (χ4v) is 2.55. The van der Waals surface area contributed by atoms with Crippen LogP contribution in [0.4, 0.5) is 0 Å². The van der Waals surface area contributed by atoms with Gasteiger partial charge in [-0.3, -0.25) is 20.4 Å². The summed E-state index contributed by atoms with van der Waals surface area (Å²) in [5.41, 5.74) is 6.72. The van der Waals surface area contributed by atoms with Crippen LogP contribution in [0.3, 0.4) is 0 Å². The van der Waals surface area contributed by atoms with Gasteiger partial charge >= 0.3 is 0 Å². The molecule has 0 atom stereocenters. The molecule has 0 radical (unpaired) electrons. The topological polar surface area (TPSA) is 67.4 Å². The van der Waals surface area contributed by atoms with Crippen LogP contribution in [0.15, 0.2) is 46.9 Å². The predicted molar refractivity (Wildman–Crippen MR) is 105 cm³/mol. The molecule has 0 aliphatic carbocycles. The Bertz CT molecular complexity index is 790. The maximum absolute atomic E-state index is 12.4. The average Bonchev–Trinajstić information content (AvgIpc) is 2.61. The van der Waals surface area contributed by atoms with Crippen LogP contribution < -0.4 is 15.6 Å². The van der Waals surface area contributed by atoms with E-state index in [0.717, 1.165) is 16.5 Å². The Morgan fingerprint density at radius 3 is 2.46 bits per heavy atom. The van der Waals surface area contributed by atoms with E-state index in [1.54, 1.807) is 30.3 Å². The summed E-state index contributed by atoms with van der Waals surface area (Å²) in [5.74, 6) is 0.198. The zero-order valence-electron chi connectivity index (χ0n) is 15.1. The van der Waals surface area contributed by atoms with Crippen LogP contribution in [0.25, 0.3) is 0 Å². The first kappa shape index (κ1) is 20.0. The SMILES string of the molecule is Cc1ccc(C(=O)NNC(=O)c2ccccc2OCCC(C)C)cc1Br. The molecule has 0 aromatic heterocycles. The van der Waals surface area contributed by atoms with Gasteiger partial charge in [-0.2, -0.15) is 0 Å². The van der Waals surface area contributed by atoms with E-state index in [1.165, 1.54) is 0 Å². The minimum absolute atomic E-state index is 0.377. The number of aryl methyl sites for hydroxylation is 1. The lowest BCUT2D eigenvalue weighted by Crippen LogP contribution is -2.41. The number of nitrogens with one attached hydrogen (secondary N) is 2. The maximum Gasteiger partial charge on any atom is 0.273 e. The standard InChI is InChI=1S/C20H23BrN2O3/c1-13(2)10-11-26-18-7-5-4-6-16(18)20(25)23-22-19(24)15-9-8-14(3)17(21)12-15/h4-9,12-13H,10-11H2,1-3H3,(H,22,24)(H,23,25). The Kier molecular flexibility index (Phi) is 7.21. The van der Waals surface area contributed by atoms with E-state index in [-0.39, 0.29) is 0 Å². The Morgan fingerprint density at radius 1 is 1.08 bits per heavy atom. The molecule has 0 saturated heterocycles. The largest absolute Gasteiger partial charge is 0.493 e. The summed E-state index contributed by atoms with van der Waals surface area (Å²) in [6, 6.07) is 12.2. The molecule has 2 aromatic rings. The van der Waals surface area contributed by atoms with Crippen molar-refractivity contribution in [1.29, 1.82) is 0 Å². The summed E-state index contributed by atoms with van der Waals surface area (Å²) in [7, 11) is 0. The van der Waals surface area contributed by atoms with Crippen molar-refractivity contribution in [2.75, 3.05) is 6.61 Å². The second-order valence-corrected chi connectivity index (χ2v) is 7.25. The highest BCUT2D eigenvalue weighted by Gasteiger charge is 2.14. The second kappa shape index (κ2) is 9.38. The molecule has 0 heterocycles. The number of carbonyl (C=O) groups is 2. The summed E-state index contributed by atoms with van der Waals surface area (Å²) in [6.07, 6.45) is 0.898. The maximum atomic E-state index is 12.4. The first-order valence-corrected chi connectivity index (χ1v) is 9.26. The van der Waals surface area contributed by atoms with Crippen molar-refractivity contribution in [3.63, 3.8) is 0 Å². The highest BCUT2D eigenvalue weighted by Crippen LogP contribution is 2.19. The van der Waals surface area contributed by atoms with Crippen LogP contribution >= 0.6 is 15.9 Å². The molecule has 0 unspecified atom stereocenters. The second-order valence-electron chi connectivity index (χ2n) is 6.40. The predicted octanol–water partition coefficient (Wildman–Crippen LogP) is 4.26. The van der Waals surface area contributed by atoms with E-state index in [9.17, 15) is 9.59 Å². The van der Waals surface area contributed by atoms with Crippen LogP contribution in [0, 0.1) is 12.8 Å². The van der Waals surface area contributed by atoms with Gasteiger partial charge in [0.2, 0.25) is 0 Å². The van der Waals surface area contributed by atoms with Gasteiger partial charge in [-0.15, -0.1) is 0 Å². The van der Waals surface area contributed by atoms with E-state index in [4.69, 9.17) is 4.74 Å². The summed E-state index contributed by atoms with van der Waals surface area (Å²) in [6.45, 7) is 6.69. The molecule has 138 valence electrons. The quantitative estimate of drug-likeness (QED) is 0.688. The van der Waals surface area contributed by atoms with Crippen molar-refractivity contribution >= 4 is 27.7 Å². The van der Waals surface area contributed by atoms with Crippen molar-refractivity contribution in [1.82, 2.24) is 10.9 Å². The smallest absolute Gasteiger partial charge is 0.273 e. The van der Waals surface area contributed by atoms with Crippen LogP contribution in [-0.4, -0.2) is 18.4 Å². The van der Waals surface area contributed by atoms with Crippen molar-refractivity contribution < 1.29 is 14.3 Å². The molecule has 2 rings (SSSR count). The molecule has 0 fully saturated rings.